The largest absolute Gasteiger partial charge is 0.497 e. The summed E-state index contributed by atoms with van der Waals surface area (Å²) in [6, 6.07) is 7.97. The number of methoxy groups -OCH3 is 1. The van der Waals surface area contributed by atoms with Crippen LogP contribution in [0.3, 0.4) is 0 Å². The average Bonchev–Trinajstić information content (AvgIpc) is 2.48. The standard InChI is InChI=1S/C14H16ClN3O/c1-18(14-9-16-8-12(7-15)17-14)10-11-3-5-13(19-2)6-4-11/h3-6,8-9H,7,10H2,1-2H3. The second-order valence-corrected chi connectivity index (χ2v) is 4.47. The molecule has 1 aromatic heterocycles. The fraction of sp³-hybridized carbons (Fsp3) is 0.286. The Bertz CT molecular complexity index is 530. The Morgan fingerprint density at radius 1 is 1.21 bits per heavy atom. The van der Waals surface area contributed by atoms with Gasteiger partial charge in [-0.2, -0.15) is 0 Å². The summed E-state index contributed by atoms with van der Waals surface area (Å²) >= 11 is 5.76. The summed E-state index contributed by atoms with van der Waals surface area (Å²) < 4.78 is 5.14. The van der Waals surface area contributed by atoms with Gasteiger partial charge < -0.3 is 9.64 Å². The van der Waals surface area contributed by atoms with E-state index in [9.17, 15) is 0 Å². The van der Waals surface area contributed by atoms with Crippen LogP contribution in [0.15, 0.2) is 36.7 Å². The maximum atomic E-state index is 5.76. The van der Waals surface area contributed by atoms with Gasteiger partial charge in [-0.15, -0.1) is 11.6 Å². The molecule has 100 valence electrons. The van der Waals surface area contributed by atoms with Gasteiger partial charge in [0.2, 0.25) is 0 Å². The number of ether oxygens (including phenoxy) is 1. The summed E-state index contributed by atoms with van der Waals surface area (Å²) in [4.78, 5) is 10.6. The first-order valence-electron chi connectivity index (χ1n) is 5.94. The van der Waals surface area contributed by atoms with E-state index in [1.807, 2.05) is 36.2 Å². The Balaban J connectivity index is 2.08. The quantitative estimate of drug-likeness (QED) is 0.788. The minimum atomic E-state index is 0.372. The summed E-state index contributed by atoms with van der Waals surface area (Å²) in [5, 5.41) is 0. The summed E-state index contributed by atoms with van der Waals surface area (Å²) in [7, 11) is 3.64. The summed E-state index contributed by atoms with van der Waals surface area (Å²) in [5.74, 6) is 2.04. The SMILES string of the molecule is COc1ccc(CN(C)c2cncc(CCl)n2)cc1. The lowest BCUT2D eigenvalue weighted by molar-refractivity contribution is 0.414. The fourth-order valence-electron chi connectivity index (χ4n) is 1.73. The van der Waals surface area contributed by atoms with Crippen molar-refractivity contribution < 1.29 is 4.74 Å². The van der Waals surface area contributed by atoms with Crippen LogP contribution in [0, 0.1) is 0 Å². The van der Waals surface area contributed by atoms with Crippen LogP contribution in [0.2, 0.25) is 0 Å². The molecule has 0 aliphatic carbocycles. The number of anilines is 1. The second-order valence-electron chi connectivity index (χ2n) is 4.21. The highest BCUT2D eigenvalue weighted by molar-refractivity contribution is 6.16. The monoisotopic (exact) mass is 277 g/mol. The zero-order valence-corrected chi connectivity index (χ0v) is 11.8. The number of alkyl halides is 1. The highest BCUT2D eigenvalue weighted by Crippen LogP contribution is 2.16. The highest BCUT2D eigenvalue weighted by Gasteiger charge is 2.05. The van der Waals surface area contributed by atoms with E-state index in [4.69, 9.17) is 16.3 Å². The number of rotatable bonds is 5. The first-order chi connectivity index (χ1) is 9.22. The van der Waals surface area contributed by atoms with Crippen molar-refractivity contribution in [1.82, 2.24) is 9.97 Å². The Morgan fingerprint density at radius 3 is 2.58 bits per heavy atom. The Labute approximate surface area is 118 Å². The molecule has 0 fully saturated rings. The third-order valence-corrected chi connectivity index (χ3v) is 3.05. The molecule has 0 saturated heterocycles. The molecule has 0 saturated carbocycles. The molecule has 0 spiro atoms. The van der Waals surface area contributed by atoms with Gasteiger partial charge in [-0.3, -0.25) is 4.98 Å². The molecule has 1 heterocycles. The van der Waals surface area contributed by atoms with Gasteiger partial charge in [-0.05, 0) is 17.7 Å². The zero-order chi connectivity index (χ0) is 13.7. The summed E-state index contributed by atoms with van der Waals surface area (Å²) in [6.07, 6.45) is 3.41. The van der Waals surface area contributed by atoms with Crippen LogP contribution < -0.4 is 9.64 Å². The van der Waals surface area contributed by atoms with E-state index >= 15 is 0 Å². The third kappa shape index (κ3) is 3.58. The van der Waals surface area contributed by atoms with Gasteiger partial charge >= 0.3 is 0 Å². The van der Waals surface area contributed by atoms with Crippen molar-refractivity contribution in [1.29, 1.82) is 0 Å². The fourth-order valence-corrected chi connectivity index (χ4v) is 1.86. The lowest BCUT2D eigenvalue weighted by Crippen LogP contribution is -2.18. The summed E-state index contributed by atoms with van der Waals surface area (Å²) in [5.41, 5.74) is 1.96. The van der Waals surface area contributed by atoms with Crippen molar-refractivity contribution in [3.8, 4) is 5.75 Å². The molecular formula is C14H16ClN3O. The number of hydrogen-bond acceptors (Lipinski definition) is 4. The molecule has 0 aliphatic rings. The van der Waals surface area contributed by atoms with Crippen molar-refractivity contribution in [2.24, 2.45) is 0 Å². The lowest BCUT2D eigenvalue weighted by Gasteiger charge is -2.18. The molecule has 2 rings (SSSR count). The van der Waals surface area contributed by atoms with Gasteiger partial charge in [0.15, 0.2) is 0 Å². The van der Waals surface area contributed by atoms with Gasteiger partial charge in [0.1, 0.15) is 11.6 Å². The van der Waals surface area contributed by atoms with Crippen LogP contribution in [-0.2, 0) is 12.4 Å². The van der Waals surface area contributed by atoms with Crippen molar-refractivity contribution >= 4 is 17.4 Å². The molecule has 0 aliphatic heterocycles. The molecule has 0 bridgehead atoms. The van der Waals surface area contributed by atoms with E-state index in [1.54, 1.807) is 19.5 Å². The predicted molar refractivity (Wildman–Crippen MR) is 76.7 cm³/mol. The maximum Gasteiger partial charge on any atom is 0.147 e. The minimum absolute atomic E-state index is 0.372. The van der Waals surface area contributed by atoms with Gasteiger partial charge in [0.25, 0.3) is 0 Å². The first-order valence-corrected chi connectivity index (χ1v) is 6.47. The Hall–Kier alpha value is -1.81. The zero-order valence-electron chi connectivity index (χ0n) is 11.0. The van der Waals surface area contributed by atoms with Crippen LogP contribution in [0.5, 0.6) is 5.75 Å². The van der Waals surface area contributed by atoms with E-state index in [0.717, 1.165) is 23.8 Å². The van der Waals surface area contributed by atoms with Gasteiger partial charge in [0.05, 0.1) is 24.9 Å². The molecule has 0 unspecified atom stereocenters. The van der Waals surface area contributed by atoms with E-state index in [1.165, 1.54) is 5.56 Å². The van der Waals surface area contributed by atoms with Crippen molar-refractivity contribution in [3.05, 3.63) is 47.9 Å². The molecule has 0 amide bonds. The van der Waals surface area contributed by atoms with Gasteiger partial charge in [-0.25, -0.2) is 4.98 Å². The number of hydrogen-bond donors (Lipinski definition) is 0. The molecule has 0 radical (unpaired) electrons. The van der Waals surface area contributed by atoms with Gasteiger partial charge in [-0.1, -0.05) is 12.1 Å². The molecule has 5 heteroatoms. The van der Waals surface area contributed by atoms with Crippen molar-refractivity contribution in [2.45, 2.75) is 12.4 Å². The molecular weight excluding hydrogens is 262 g/mol. The lowest BCUT2D eigenvalue weighted by atomic mass is 10.2. The topological polar surface area (TPSA) is 38.2 Å². The molecule has 2 aromatic rings. The van der Waals surface area contributed by atoms with E-state index < -0.39 is 0 Å². The maximum absolute atomic E-state index is 5.76. The molecule has 19 heavy (non-hydrogen) atoms. The second kappa shape index (κ2) is 6.38. The van der Waals surface area contributed by atoms with Gasteiger partial charge in [0, 0.05) is 19.8 Å². The average molecular weight is 278 g/mol. The predicted octanol–water partition coefficient (Wildman–Crippen LogP) is 2.86. The van der Waals surface area contributed by atoms with E-state index in [2.05, 4.69) is 9.97 Å². The molecule has 4 nitrogen and oxygen atoms in total. The van der Waals surface area contributed by atoms with Crippen LogP contribution >= 0.6 is 11.6 Å². The molecule has 0 atom stereocenters. The normalized spacial score (nSPS) is 10.3. The summed E-state index contributed by atoms with van der Waals surface area (Å²) in [6.45, 7) is 0.754. The number of nitrogens with zero attached hydrogens (tertiary/aromatic N) is 3. The third-order valence-electron chi connectivity index (χ3n) is 2.78. The molecule has 0 N–H and O–H groups in total. The van der Waals surface area contributed by atoms with E-state index in [0.29, 0.717) is 5.88 Å². The molecule has 1 aromatic carbocycles. The van der Waals surface area contributed by atoms with Crippen LogP contribution in [0.25, 0.3) is 0 Å². The minimum Gasteiger partial charge on any atom is -0.497 e. The van der Waals surface area contributed by atoms with Crippen molar-refractivity contribution in [3.63, 3.8) is 0 Å². The van der Waals surface area contributed by atoms with Crippen LogP contribution in [0.4, 0.5) is 5.82 Å². The Kier molecular flexibility index (Phi) is 4.58. The van der Waals surface area contributed by atoms with Crippen molar-refractivity contribution in [2.75, 3.05) is 19.1 Å². The number of aromatic nitrogens is 2. The first kappa shape index (κ1) is 13.6. The Morgan fingerprint density at radius 2 is 1.95 bits per heavy atom. The highest BCUT2D eigenvalue weighted by atomic mass is 35.5. The van der Waals surface area contributed by atoms with Crippen LogP contribution in [0.1, 0.15) is 11.3 Å². The number of halogens is 1. The number of benzene rings is 1. The van der Waals surface area contributed by atoms with Crippen LogP contribution in [-0.4, -0.2) is 24.1 Å². The van der Waals surface area contributed by atoms with E-state index in [-0.39, 0.29) is 0 Å². The smallest absolute Gasteiger partial charge is 0.147 e.